The number of thiophene rings is 1. The van der Waals surface area contributed by atoms with Crippen molar-refractivity contribution in [3.8, 4) is 0 Å². The second kappa shape index (κ2) is 6.24. The number of halogens is 1. The summed E-state index contributed by atoms with van der Waals surface area (Å²) in [6.07, 6.45) is 0. The molecule has 2 aromatic rings. The third-order valence-electron chi connectivity index (χ3n) is 2.83. The summed E-state index contributed by atoms with van der Waals surface area (Å²) in [7, 11) is 0. The highest BCUT2D eigenvalue weighted by Gasteiger charge is 2.15. The fourth-order valence-corrected chi connectivity index (χ4v) is 2.72. The highest BCUT2D eigenvalue weighted by atomic mass is 35.5. The zero-order valence-corrected chi connectivity index (χ0v) is 13.1. The van der Waals surface area contributed by atoms with Crippen LogP contribution in [0.1, 0.15) is 46.2 Å². The zero-order valence-electron chi connectivity index (χ0n) is 11.5. The van der Waals surface area contributed by atoms with E-state index in [4.69, 9.17) is 17.3 Å². The van der Waals surface area contributed by atoms with Gasteiger partial charge in [0.1, 0.15) is 10.2 Å². The van der Waals surface area contributed by atoms with E-state index in [1.165, 1.54) is 17.4 Å². The molecule has 0 saturated heterocycles. The number of primary amides is 1. The van der Waals surface area contributed by atoms with E-state index in [2.05, 4.69) is 10.3 Å². The average Bonchev–Trinajstić information content (AvgIpc) is 2.86. The van der Waals surface area contributed by atoms with Gasteiger partial charge in [0, 0.05) is 11.3 Å². The molecular weight excluding hydrogens is 310 g/mol. The number of carbonyl (C=O) groups excluding carboxylic acids is 2. The van der Waals surface area contributed by atoms with Crippen molar-refractivity contribution in [2.45, 2.75) is 19.8 Å². The Morgan fingerprint density at radius 1 is 1.38 bits per heavy atom. The van der Waals surface area contributed by atoms with E-state index in [-0.39, 0.29) is 22.5 Å². The van der Waals surface area contributed by atoms with Crippen LogP contribution in [0.3, 0.4) is 0 Å². The lowest BCUT2D eigenvalue weighted by molar-refractivity contribution is 0.100. The molecule has 7 heteroatoms. The van der Waals surface area contributed by atoms with Crippen LogP contribution in [0.15, 0.2) is 23.6 Å². The maximum absolute atomic E-state index is 12.3. The number of anilines is 1. The molecule has 0 aliphatic heterocycles. The number of nitrogens with zero attached hydrogens (tertiary/aromatic N) is 1. The van der Waals surface area contributed by atoms with Gasteiger partial charge in [-0.2, -0.15) is 0 Å². The first-order chi connectivity index (χ1) is 9.88. The molecule has 3 N–H and O–H groups in total. The summed E-state index contributed by atoms with van der Waals surface area (Å²) in [5.74, 6) is -0.786. The number of nitrogens with one attached hydrogen (secondary N) is 1. The van der Waals surface area contributed by atoms with E-state index in [0.717, 1.165) is 5.69 Å². The Morgan fingerprint density at radius 2 is 2.10 bits per heavy atom. The van der Waals surface area contributed by atoms with Crippen LogP contribution in [-0.2, 0) is 0 Å². The molecule has 0 aliphatic rings. The minimum absolute atomic E-state index is 0.151. The van der Waals surface area contributed by atoms with Crippen molar-refractivity contribution >= 4 is 39.8 Å². The SMILES string of the molecule is CC(C)c1cc(C(=O)Nc2sccc2C(N)=O)cc(Cl)n1. The Bertz CT molecular complexity index is 697. The molecular formula is C14H14ClN3O2S. The predicted molar refractivity (Wildman–Crippen MR) is 84.1 cm³/mol. The van der Waals surface area contributed by atoms with Gasteiger partial charge in [0.25, 0.3) is 11.8 Å². The third kappa shape index (κ3) is 3.59. The molecule has 0 saturated carbocycles. The van der Waals surface area contributed by atoms with Crippen molar-refractivity contribution in [1.29, 1.82) is 0 Å². The van der Waals surface area contributed by atoms with Gasteiger partial charge in [0.05, 0.1) is 5.56 Å². The maximum atomic E-state index is 12.3. The Balaban J connectivity index is 2.28. The molecule has 0 aliphatic carbocycles. The van der Waals surface area contributed by atoms with Crippen LogP contribution in [-0.4, -0.2) is 16.8 Å². The van der Waals surface area contributed by atoms with Gasteiger partial charge in [-0.25, -0.2) is 4.98 Å². The number of rotatable bonds is 4. The van der Waals surface area contributed by atoms with Gasteiger partial charge in [-0.05, 0) is 29.5 Å². The minimum Gasteiger partial charge on any atom is -0.366 e. The fourth-order valence-electron chi connectivity index (χ4n) is 1.72. The van der Waals surface area contributed by atoms with Gasteiger partial charge < -0.3 is 11.1 Å². The molecule has 0 fully saturated rings. The number of carbonyl (C=O) groups is 2. The molecule has 0 unspecified atom stereocenters. The molecule has 2 rings (SSSR count). The predicted octanol–water partition coefficient (Wildman–Crippen LogP) is 3.27. The smallest absolute Gasteiger partial charge is 0.256 e. The van der Waals surface area contributed by atoms with Crippen molar-refractivity contribution in [3.63, 3.8) is 0 Å². The van der Waals surface area contributed by atoms with Gasteiger partial charge in [0.15, 0.2) is 0 Å². The van der Waals surface area contributed by atoms with Crippen LogP contribution < -0.4 is 11.1 Å². The Labute approximate surface area is 131 Å². The van der Waals surface area contributed by atoms with Crippen LogP contribution in [0, 0.1) is 0 Å². The van der Waals surface area contributed by atoms with E-state index >= 15 is 0 Å². The summed E-state index contributed by atoms with van der Waals surface area (Å²) in [5.41, 5.74) is 6.66. The number of pyridine rings is 1. The average molecular weight is 324 g/mol. The molecule has 21 heavy (non-hydrogen) atoms. The molecule has 2 aromatic heterocycles. The summed E-state index contributed by atoms with van der Waals surface area (Å²) in [5, 5.41) is 5.04. The molecule has 0 spiro atoms. The van der Waals surface area contributed by atoms with Gasteiger partial charge in [0.2, 0.25) is 0 Å². The highest BCUT2D eigenvalue weighted by Crippen LogP contribution is 2.24. The summed E-state index contributed by atoms with van der Waals surface area (Å²) >= 11 is 7.17. The van der Waals surface area contributed by atoms with Crippen molar-refractivity contribution < 1.29 is 9.59 Å². The van der Waals surface area contributed by atoms with Gasteiger partial charge in [-0.3, -0.25) is 9.59 Å². The number of hydrogen-bond donors (Lipinski definition) is 2. The van der Waals surface area contributed by atoms with E-state index < -0.39 is 5.91 Å². The van der Waals surface area contributed by atoms with E-state index in [0.29, 0.717) is 10.6 Å². The summed E-state index contributed by atoms with van der Waals surface area (Å²) in [6.45, 7) is 3.93. The largest absolute Gasteiger partial charge is 0.366 e. The quantitative estimate of drug-likeness (QED) is 0.847. The van der Waals surface area contributed by atoms with Crippen LogP contribution in [0.5, 0.6) is 0 Å². The van der Waals surface area contributed by atoms with E-state index in [1.807, 2.05) is 13.8 Å². The Morgan fingerprint density at radius 3 is 2.71 bits per heavy atom. The first-order valence-electron chi connectivity index (χ1n) is 6.24. The summed E-state index contributed by atoms with van der Waals surface area (Å²) in [6, 6.07) is 4.74. The summed E-state index contributed by atoms with van der Waals surface area (Å²) in [4.78, 5) is 27.7. The van der Waals surface area contributed by atoms with Crippen molar-refractivity contribution in [2.75, 3.05) is 5.32 Å². The zero-order chi connectivity index (χ0) is 15.6. The lowest BCUT2D eigenvalue weighted by Crippen LogP contribution is -2.17. The topological polar surface area (TPSA) is 85.1 Å². The van der Waals surface area contributed by atoms with Crippen molar-refractivity contribution in [1.82, 2.24) is 4.98 Å². The number of nitrogens with two attached hydrogens (primary N) is 1. The van der Waals surface area contributed by atoms with Crippen LogP contribution in [0.4, 0.5) is 5.00 Å². The molecule has 0 bridgehead atoms. The Kier molecular flexibility index (Phi) is 4.59. The normalized spacial score (nSPS) is 10.7. The fraction of sp³-hybridized carbons (Fsp3) is 0.214. The van der Waals surface area contributed by atoms with Crippen LogP contribution in [0.25, 0.3) is 0 Å². The summed E-state index contributed by atoms with van der Waals surface area (Å²) < 4.78 is 0. The number of hydrogen-bond acceptors (Lipinski definition) is 4. The second-order valence-corrected chi connectivity index (χ2v) is 6.04. The van der Waals surface area contributed by atoms with Crippen molar-refractivity contribution in [3.05, 3.63) is 45.6 Å². The van der Waals surface area contributed by atoms with Crippen LogP contribution in [0.2, 0.25) is 5.15 Å². The van der Waals surface area contributed by atoms with Crippen molar-refractivity contribution in [2.24, 2.45) is 5.73 Å². The molecule has 5 nitrogen and oxygen atoms in total. The lowest BCUT2D eigenvalue weighted by atomic mass is 10.1. The first kappa shape index (κ1) is 15.5. The first-order valence-corrected chi connectivity index (χ1v) is 7.50. The molecule has 0 atom stereocenters. The standard InChI is InChI=1S/C14H14ClN3O2S/c1-7(2)10-5-8(6-11(15)17-10)13(20)18-14-9(12(16)19)3-4-21-14/h3-7H,1-2H3,(H2,16,19)(H,18,20). The van der Waals surface area contributed by atoms with E-state index in [1.54, 1.807) is 17.5 Å². The molecule has 2 heterocycles. The molecule has 110 valence electrons. The minimum atomic E-state index is -0.581. The monoisotopic (exact) mass is 323 g/mol. The lowest BCUT2D eigenvalue weighted by Gasteiger charge is -2.09. The number of amides is 2. The molecule has 0 aromatic carbocycles. The maximum Gasteiger partial charge on any atom is 0.256 e. The second-order valence-electron chi connectivity index (χ2n) is 4.74. The van der Waals surface area contributed by atoms with Gasteiger partial charge >= 0.3 is 0 Å². The molecule has 0 radical (unpaired) electrons. The highest BCUT2D eigenvalue weighted by molar-refractivity contribution is 7.14. The van der Waals surface area contributed by atoms with Crippen LogP contribution >= 0.6 is 22.9 Å². The molecule has 2 amide bonds. The van der Waals surface area contributed by atoms with Gasteiger partial charge in [-0.1, -0.05) is 25.4 Å². The third-order valence-corrected chi connectivity index (χ3v) is 3.85. The van der Waals surface area contributed by atoms with E-state index in [9.17, 15) is 9.59 Å². The Hall–Kier alpha value is -1.92. The number of aromatic nitrogens is 1. The van der Waals surface area contributed by atoms with Gasteiger partial charge in [-0.15, -0.1) is 11.3 Å².